The molecule has 0 aliphatic carbocycles. The van der Waals surface area contributed by atoms with Gasteiger partial charge in [-0.2, -0.15) is 5.10 Å². The van der Waals surface area contributed by atoms with Crippen LogP contribution < -0.4 is 0 Å². The van der Waals surface area contributed by atoms with Gasteiger partial charge in [-0.05, 0) is 38.0 Å². The largest absolute Gasteiger partial charge is 0.373 e. The zero-order valence-corrected chi connectivity index (χ0v) is 19.4. The van der Waals surface area contributed by atoms with Crippen LogP contribution in [0.2, 0.25) is 0 Å². The first-order valence-electron chi connectivity index (χ1n) is 11.8. The fourth-order valence-electron chi connectivity index (χ4n) is 5.06. The highest BCUT2D eigenvalue weighted by Crippen LogP contribution is 2.32. The molecule has 4 heterocycles. The first kappa shape index (κ1) is 22.0. The lowest BCUT2D eigenvalue weighted by Crippen LogP contribution is -2.52. The van der Waals surface area contributed by atoms with Gasteiger partial charge in [0, 0.05) is 56.6 Å². The molecule has 2 saturated heterocycles. The van der Waals surface area contributed by atoms with Gasteiger partial charge in [-0.1, -0.05) is 24.3 Å². The Bertz CT molecular complexity index is 1110. The van der Waals surface area contributed by atoms with E-state index >= 15 is 0 Å². The molecule has 0 spiro atoms. The van der Waals surface area contributed by atoms with Crippen LogP contribution in [0, 0.1) is 0 Å². The van der Waals surface area contributed by atoms with E-state index in [9.17, 15) is 4.79 Å². The summed E-state index contributed by atoms with van der Waals surface area (Å²) in [6.07, 6.45) is 6.60. The summed E-state index contributed by atoms with van der Waals surface area (Å²) in [6, 6.07) is 9.67. The molecular formula is C25H32N6O2. The maximum absolute atomic E-state index is 13.9. The van der Waals surface area contributed by atoms with Crippen LogP contribution in [-0.4, -0.2) is 94.4 Å². The van der Waals surface area contributed by atoms with Crippen molar-refractivity contribution in [2.24, 2.45) is 7.05 Å². The van der Waals surface area contributed by atoms with Crippen LogP contribution in [0.5, 0.6) is 0 Å². The number of aromatic nitrogens is 3. The van der Waals surface area contributed by atoms with E-state index in [1.165, 1.54) is 0 Å². The minimum absolute atomic E-state index is 0.0513. The standard InChI is InChI=1S/C25H32N6O2/c1-28-10-5-11-30(13-12-28)18-22-24(20-16-27-29(2)17-20)31(14-15-33-22)25(32)23-21-7-4-3-6-19(21)8-9-26-23/h3-4,6-9,16-17,22,24H,5,10-15,18H2,1-2H3/t22-,24-/m0/s1. The summed E-state index contributed by atoms with van der Waals surface area (Å²) in [5.74, 6) is -0.0513. The van der Waals surface area contributed by atoms with Gasteiger partial charge in [0.25, 0.3) is 5.91 Å². The number of fused-ring (bicyclic) bond motifs is 1. The summed E-state index contributed by atoms with van der Waals surface area (Å²) in [4.78, 5) is 25.2. The monoisotopic (exact) mass is 448 g/mol. The molecule has 2 fully saturated rings. The number of rotatable bonds is 4. The molecule has 3 aromatic rings. The first-order valence-corrected chi connectivity index (χ1v) is 11.8. The molecule has 0 unspecified atom stereocenters. The summed E-state index contributed by atoms with van der Waals surface area (Å²) >= 11 is 0. The Balaban J connectivity index is 1.47. The maximum Gasteiger partial charge on any atom is 0.273 e. The predicted octanol–water partition coefficient (Wildman–Crippen LogP) is 2.19. The van der Waals surface area contributed by atoms with E-state index < -0.39 is 0 Å². The first-order chi connectivity index (χ1) is 16.1. The number of carbonyl (C=O) groups is 1. The van der Waals surface area contributed by atoms with Gasteiger partial charge in [0.1, 0.15) is 5.69 Å². The third kappa shape index (κ3) is 4.64. The summed E-state index contributed by atoms with van der Waals surface area (Å²) in [5.41, 5.74) is 1.50. The van der Waals surface area contributed by atoms with Gasteiger partial charge in [-0.25, -0.2) is 0 Å². The molecule has 1 aromatic carbocycles. The zero-order chi connectivity index (χ0) is 22.8. The fourth-order valence-corrected chi connectivity index (χ4v) is 5.06. The molecule has 2 atom stereocenters. The molecule has 0 radical (unpaired) electrons. The minimum Gasteiger partial charge on any atom is -0.373 e. The van der Waals surface area contributed by atoms with Crippen molar-refractivity contribution in [2.45, 2.75) is 18.6 Å². The van der Waals surface area contributed by atoms with Crippen LogP contribution in [0.1, 0.15) is 28.5 Å². The molecule has 0 bridgehead atoms. The third-order valence-corrected chi connectivity index (χ3v) is 6.81. The Labute approximate surface area is 194 Å². The van der Waals surface area contributed by atoms with Gasteiger partial charge in [0.15, 0.2) is 0 Å². The van der Waals surface area contributed by atoms with E-state index in [0.717, 1.165) is 55.5 Å². The molecule has 0 N–H and O–H groups in total. The number of hydrogen-bond acceptors (Lipinski definition) is 6. The van der Waals surface area contributed by atoms with Gasteiger partial charge >= 0.3 is 0 Å². The van der Waals surface area contributed by atoms with Gasteiger partial charge < -0.3 is 14.5 Å². The number of ether oxygens (including phenoxy) is 1. The number of pyridine rings is 1. The number of amides is 1. The molecule has 8 nitrogen and oxygen atoms in total. The summed E-state index contributed by atoms with van der Waals surface area (Å²) < 4.78 is 8.11. The Morgan fingerprint density at radius 2 is 1.97 bits per heavy atom. The van der Waals surface area contributed by atoms with Crippen molar-refractivity contribution < 1.29 is 9.53 Å². The van der Waals surface area contributed by atoms with Crippen LogP contribution in [-0.2, 0) is 11.8 Å². The van der Waals surface area contributed by atoms with Crippen LogP contribution >= 0.6 is 0 Å². The summed E-state index contributed by atoms with van der Waals surface area (Å²) in [5, 5.41) is 6.31. The summed E-state index contributed by atoms with van der Waals surface area (Å²) in [7, 11) is 4.09. The van der Waals surface area contributed by atoms with E-state index in [1.54, 1.807) is 10.9 Å². The van der Waals surface area contributed by atoms with Crippen molar-refractivity contribution in [1.82, 2.24) is 29.5 Å². The number of hydrogen-bond donors (Lipinski definition) is 0. The highest BCUT2D eigenvalue weighted by molar-refractivity contribution is 6.05. The van der Waals surface area contributed by atoms with E-state index in [2.05, 4.69) is 26.9 Å². The maximum atomic E-state index is 13.9. The number of carbonyl (C=O) groups excluding carboxylic acids is 1. The number of aryl methyl sites for hydroxylation is 1. The molecule has 33 heavy (non-hydrogen) atoms. The third-order valence-electron chi connectivity index (χ3n) is 6.81. The van der Waals surface area contributed by atoms with Gasteiger partial charge in [-0.15, -0.1) is 0 Å². The molecular weight excluding hydrogens is 416 g/mol. The molecule has 2 aliphatic rings. The normalized spacial score (nSPS) is 23.0. The van der Waals surface area contributed by atoms with Crippen molar-refractivity contribution in [2.75, 3.05) is 52.9 Å². The number of nitrogens with zero attached hydrogens (tertiary/aromatic N) is 6. The topological polar surface area (TPSA) is 66.7 Å². The molecule has 1 amide bonds. The van der Waals surface area contributed by atoms with Crippen molar-refractivity contribution in [1.29, 1.82) is 0 Å². The highest BCUT2D eigenvalue weighted by atomic mass is 16.5. The van der Waals surface area contributed by atoms with Crippen molar-refractivity contribution in [3.8, 4) is 0 Å². The lowest BCUT2D eigenvalue weighted by Gasteiger charge is -2.42. The number of likely N-dealkylation sites (N-methyl/N-ethyl adjacent to an activating group) is 1. The van der Waals surface area contributed by atoms with Gasteiger partial charge in [0.05, 0.1) is 24.9 Å². The summed E-state index contributed by atoms with van der Waals surface area (Å²) in [6.45, 7) is 6.06. The van der Waals surface area contributed by atoms with Gasteiger partial charge in [-0.3, -0.25) is 19.4 Å². The molecule has 5 rings (SSSR count). The number of benzene rings is 1. The molecule has 8 heteroatoms. The van der Waals surface area contributed by atoms with Crippen LogP contribution in [0.3, 0.4) is 0 Å². The van der Waals surface area contributed by atoms with Crippen LogP contribution in [0.25, 0.3) is 10.8 Å². The van der Waals surface area contributed by atoms with E-state index in [0.29, 0.717) is 18.8 Å². The average Bonchev–Trinajstić information content (AvgIpc) is 3.16. The molecule has 0 saturated carbocycles. The van der Waals surface area contributed by atoms with E-state index in [4.69, 9.17) is 4.74 Å². The van der Waals surface area contributed by atoms with E-state index in [-0.39, 0.29) is 18.1 Å². The second-order valence-electron chi connectivity index (χ2n) is 9.14. The van der Waals surface area contributed by atoms with Crippen LogP contribution in [0.4, 0.5) is 0 Å². The zero-order valence-electron chi connectivity index (χ0n) is 19.4. The lowest BCUT2D eigenvalue weighted by atomic mass is 9.99. The Hall–Kier alpha value is -2.81. The quantitative estimate of drug-likeness (QED) is 0.610. The Morgan fingerprint density at radius 1 is 1.09 bits per heavy atom. The van der Waals surface area contributed by atoms with Crippen molar-refractivity contribution in [3.05, 3.63) is 60.2 Å². The number of morpholine rings is 1. The SMILES string of the molecule is CN1CCCN(C[C@@H]2OCCN(C(=O)c3nccc4ccccc34)[C@H]2c2cnn(C)c2)CC1. The highest BCUT2D eigenvalue weighted by Gasteiger charge is 2.39. The molecule has 174 valence electrons. The lowest BCUT2D eigenvalue weighted by molar-refractivity contribution is -0.0724. The second kappa shape index (κ2) is 9.59. The minimum atomic E-state index is -0.207. The average molecular weight is 449 g/mol. The van der Waals surface area contributed by atoms with E-state index in [1.807, 2.05) is 54.7 Å². The molecule has 2 aromatic heterocycles. The van der Waals surface area contributed by atoms with Crippen LogP contribution in [0.15, 0.2) is 48.9 Å². The fraction of sp³-hybridized carbons (Fsp3) is 0.480. The second-order valence-corrected chi connectivity index (χ2v) is 9.14. The van der Waals surface area contributed by atoms with Crippen molar-refractivity contribution in [3.63, 3.8) is 0 Å². The van der Waals surface area contributed by atoms with Crippen molar-refractivity contribution >= 4 is 16.7 Å². The Morgan fingerprint density at radius 3 is 2.82 bits per heavy atom. The Kier molecular flexibility index (Phi) is 6.39. The smallest absolute Gasteiger partial charge is 0.273 e. The molecule has 2 aliphatic heterocycles. The predicted molar refractivity (Wildman–Crippen MR) is 127 cm³/mol. The van der Waals surface area contributed by atoms with Gasteiger partial charge in [0.2, 0.25) is 0 Å².